The summed E-state index contributed by atoms with van der Waals surface area (Å²) < 4.78 is 5.40. The maximum Gasteiger partial charge on any atom is 0.340 e. The zero-order valence-corrected chi connectivity index (χ0v) is 14.4. The van der Waals surface area contributed by atoms with Crippen LogP contribution in [0.2, 0.25) is 5.02 Å². The average Bonchev–Trinajstić information content (AvgIpc) is 3.15. The molecule has 0 radical (unpaired) electrons. The Bertz CT molecular complexity index is 914. The van der Waals surface area contributed by atoms with Gasteiger partial charge in [0.05, 0.1) is 5.56 Å². The van der Waals surface area contributed by atoms with E-state index in [-0.39, 0.29) is 18.2 Å². The van der Waals surface area contributed by atoms with Gasteiger partial charge in [0.15, 0.2) is 0 Å². The standard InChI is InChI=1S/C19H15ClN2O4/c20-11-4-3-5-12(10-11)21-17(24)15-8-9-16(23)22(15)18-13-6-1-2-7-14(13)19(25)26-18/h1-7,10,15,18H,8-9H2,(H,21,24)/t15-,18+/m0/s1. The zero-order chi connectivity index (χ0) is 18.3. The van der Waals surface area contributed by atoms with Crippen molar-refractivity contribution in [2.45, 2.75) is 25.1 Å². The van der Waals surface area contributed by atoms with Crippen molar-refractivity contribution < 1.29 is 19.1 Å². The Morgan fingerprint density at radius 2 is 1.96 bits per heavy atom. The highest BCUT2D eigenvalue weighted by Gasteiger charge is 2.46. The van der Waals surface area contributed by atoms with Crippen molar-refractivity contribution >= 4 is 35.1 Å². The fourth-order valence-electron chi connectivity index (χ4n) is 3.38. The van der Waals surface area contributed by atoms with Gasteiger partial charge in [-0.15, -0.1) is 0 Å². The Hall–Kier alpha value is -2.86. The molecule has 1 N–H and O–H groups in total. The number of likely N-dealkylation sites (tertiary alicyclic amines) is 1. The number of anilines is 1. The molecule has 2 aliphatic rings. The van der Waals surface area contributed by atoms with E-state index in [1.165, 1.54) is 4.90 Å². The molecular weight excluding hydrogens is 356 g/mol. The van der Waals surface area contributed by atoms with Gasteiger partial charge < -0.3 is 10.1 Å². The van der Waals surface area contributed by atoms with Crippen molar-refractivity contribution in [1.29, 1.82) is 0 Å². The number of esters is 1. The third-order valence-electron chi connectivity index (χ3n) is 4.57. The summed E-state index contributed by atoms with van der Waals surface area (Å²) in [6.07, 6.45) is -0.283. The minimum Gasteiger partial charge on any atom is -0.433 e. The van der Waals surface area contributed by atoms with Gasteiger partial charge in [-0.05, 0) is 30.7 Å². The number of carbonyl (C=O) groups is 3. The van der Waals surface area contributed by atoms with Crippen LogP contribution in [0.1, 0.15) is 35.0 Å². The highest BCUT2D eigenvalue weighted by molar-refractivity contribution is 6.30. The first-order chi connectivity index (χ1) is 12.5. The first kappa shape index (κ1) is 16.6. The smallest absolute Gasteiger partial charge is 0.340 e. The number of carbonyl (C=O) groups excluding carboxylic acids is 3. The van der Waals surface area contributed by atoms with Gasteiger partial charge in [0.1, 0.15) is 6.04 Å². The SMILES string of the molecule is O=C1O[C@@H](N2C(=O)CC[C@H]2C(=O)Nc2cccc(Cl)c2)c2ccccc21. The maximum absolute atomic E-state index is 12.7. The lowest BCUT2D eigenvalue weighted by molar-refractivity contribution is -0.144. The van der Waals surface area contributed by atoms with E-state index in [9.17, 15) is 14.4 Å². The molecule has 0 bridgehead atoms. The molecule has 6 nitrogen and oxygen atoms in total. The van der Waals surface area contributed by atoms with Gasteiger partial charge in [-0.25, -0.2) is 4.79 Å². The molecule has 1 saturated heterocycles. The van der Waals surface area contributed by atoms with Crippen LogP contribution in [0.15, 0.2) is 48.5 Å². The summed E-state index contributed by atoms with van der Waals surface area (Å²) in [6.45, 7) is 0. The molecule has 0 unspecified atom stereocenters. The fourth-order valence-corrected chi connectivity index (χ4v) is 3.57. The van der Waals surface area contributed by atoms with Crippen molar-refractivity contribution in [3.63, 3.8) is 0 Å². The number of fused-ring (bicyclic) bond motifs is 1. The molecule has 1 fully saturated rings. The fraction of sp³-hybridized carbons (Fsp3) is 0.211. The lowest BCUT2D eigenvalue weighted by Gasteiger charge is -2.29. The molecular formula is C19H15ClN2O4. The quantitative estimate of drug-likeness (QED) is 0.842. The van der Waals surface area contributed by atoms with Gasteiger partial charge >= 0.3 is 5.97 Å². The Morgan fingerprint density at radius 1 is 1.15 bits per heavy atom. The van der Waals surface area contributed by atoms with E-state index in [4.69, 9.17) is 16.3 Å². The maximum atomic E-state index is 12.7. The topological polar surface area (TPSA) is 75.7 Å². The van der Waals surface area contributed by atoms with Crippen LogP contribution in [0.4, 0.5) is 5.69 Å². The normalized spacial score (nSPS) is 21.5. The number of hydrogen-bond acceptors (Lipinski definition) is 4. The first-order valence-corrected chi connectivity index (χ1v) is 8.60. The van der Waals surface area contributed by atoms with Crippen LogP contribution < -0.4 is 5.32 Å². The molecule has 4 rings (SSSR count). The number of hydrogen-bond donors (Lipinski definition) is 1. The predicted octanol–water partition coefficient (Wildman–Crippen LogP) is 3.14. The zero-order valence-electron chi connectivity index (χ0n) is 13.6. The molecule has 2 heterocycles. The van der Waals surface area contributed by atoms with Crippen LogP contribution in [0, 0.1) is 0 Å². The predicted molar refractivity (Wildman–Crippen MR) is 94.5 cm³/mol. The van der Waals surface area contributed by atoms with Crippen LogP contribution in [-0.2, 0) is 14.3 Å². The third kappa shape index (κ3) is 2.82. The molecule has 132 valence electrons. The van der Waals surface area contributed by atoms with Gasteiger partial charge in [-0.3, -0.25) is 14.5 Å². The van der Waals surface area contributed by atoms with E-state index in [0.29, 0.717) is 28.3 Å². The van der Waals surface area contributed by atoms with Crippen molar-refractivity contribution in [1.82, 2.24) is 4.90 Å². The van der Waals surface area contributed by atoms with Crippen molar-refractivity contribution in [2.24, 2.45) is 0 Å². The number of ether oxygens (including phenoxy) is 1. The van der Waals surface area contributed by atoms with Crippen LogP contribution in [0.3, 0.4) is 0 Å². The number of benzene rings is 2. The molecule has 7 heteroatoms. The average molecular weight is 371 g/mol. The molecule has 2 atom stereocenters. The largest absolute Gasteiger partial charge is 0.433 e. The highest BCUT2D eigenvalue weighted by Crippen LogP contribution is 2.38. The molecule has 0 aliphatic carbocycles. The van der Waals surface area contributed by atoms with Gasteiger partial charge in [-0.1, -0.05) is 35.9 Å². The van der Waals surface area contributed by atoms with E-state index in [1.807, 2.05) is 0 Å². The summed E-state index contributed by atoms with van der Waals surface area (Å²) in [6, 6.07) is 13.0. The number of rotatable bonds is 3. The Morgan fingerprint density at radius 3 is 2.77 bits per heavy atom. The Kier molecular flexibility index (Phi) is 4.12. The number of amides is 2. The second-order valence-corrected chi connectivity index (χ2v) is 6.64. The molecule has 26 heavy (non-hydrogen) atoms. The third-order valence-corrected chi connectivity index (χ3v) is 4.80. The van der Waals surface area contributed by atoms with E-state index in [0.717, 1.165) is 0 Å². The van der Waals surface area contributed by atoms with Gasteiger partial charge in [0.25, 0.3) is 0 Å². The van der Waals surface area contributed by atoms with Crippen LogP contribution in [-0.4, -0.2) is 28.7 Å². The van der Waals surface area contributed by atoms with Crippen LogP contribution in [0.5, 0.6) is 0 Å². The number of cyclic esters (lactones) is 1. The number of nitrogens with zero attached hydrogens (tertiary/aromatic N) is 1. The molecule has 2 amide bonds. The number of nitrogens with one attached hydrogen (secondary N) is 1. The Balaban J connectivity index is 1.60. The lowest BCUT2D eigenvalue weighted by atomic mass is 10.1. The number of halogens is 1. The summed E-state index contributed by atoms with van der Waals surface area (Å²) in [5, 5.41) is 3.28. The van der Waals surface area contributed by atoms with E-state index in [1.54, 1.807) is 48.5 Å². The van der Waals surface area contributed by atoms with Gasteiger partial charge in [0.2, 0.25) is 18.0 Å². The Labute approximate surface area is 154 Å². The van der Waals surface area contributed by atoms with Crippen molar-refractivity contribution in [3.8, 4) is 0 Å². The second-order valence-electron chi connectivity index (χ2n) is 6.20. The van der Waals surface area contributed by atoms with Gasteiger partial charge in [-0.2, -0.15) is 0 Å². The monoisotopic (exact) mass is 370 g/mol. The molecule has 0 saturated carbocycles. The summed E-state index contributed by atoms with van der Waals surface area (Å²) in [5.41, 5.74) is 1.57. The minimum absolute atomic E-state index is 0.217. The summed E-state index contributed by atoms with van der Waals surface area (Å²) in [5.74, 6) is -1.04. The summed E-state index contributed by atoms with van der Waals surface area (Å²) in [7, 11) is 0. The minimum atomic E-state index is -0.871. The van der Waals surface area contributed by atoms with Crippen LogP contribution >= 0.6 is 11.6 Å². The molecule has 2 aromatic carbocycles. The second kappa shape index (κ2) is 6.46. The summed E-state index contributed by atoms with van der Waals surface area (Å²) >= 11 is 5.94. The molecule has 2 aliphatic heterocycles. The van der Waals surface area contributed by atoms with Crippen molar-refractivity contribution in [3.05, 3.63) is 64.7 Å². The van der Waals surface area contributed by atoms with Crippen molar-refractivity contribution in [2.75, 3.05) is 5.32 Å². The molecule has 0 spiro atoms. The van der Waals surface area contributed by atoms with Gasteiger partial charge in [0, 0.05) is 22.7 Å². The molecule has 2 aromatic rings. The van der Waals surface area contributed by atoms with E-state index < -0.39 is 18.2 Å². The van der Waals surface area contributed by atoms with E-state index >= 15 is 0 Å². The lowest BCUT2D eigenvalue weighted by Crippen LogP contribution is -2.43. The first-order valence-electron chi connectivity index (χ1n) is 8.22. The van der Waals surface area contributed by atoms with E-state index in [2.05, 4.69) is 5.32 Å². The van der Waals surface area contributed by atoms with Crippen LogP contribution in [0.25, 0.3) is 0 Å². The molecule has 0 aromatic heterocycles. The summed E-state index contributed by atoms with van der Waals surface area (Å²) in [4.78, 5) is 38.6. The highest BCUT2D eigenvalue weighted by atomic mass is 35.5.